The van der Waals surface area contributed by atoms with Gasteiger partial charge in [0, 0.05) is 50.8 Å². The Labute approximate surface area is 232 Å². The number of nitrogens with one attached hydrogen (secondary N) is 2. The number of rotatable bonds is 7. The lowest BCUT2D eigenvalue weighted by molar-refractivity contribution is 0.0405. The molecular weight excluding hydrogens is 535 g/mol. The van der Waals surface area contributed by atoms with Gasteiger partial charge in [-0.3, -0.25) is 19.5 Å². The molecule has 1 aliphatic carbocycles. The number of nitrogens with zero attached hydrogens (tertiary/aromatic N) is 8. The molecule has 0 amide bonds. The minimum absolute atomic E-state index is 0.341. The standard InChI is InChI=1S/C26H32ClN10OP/c1-35-8-10-36(11-9-35)18-12-19(13-18)37-16-17(14-31-37)32-26-30-15-20(27)25(34-26)33-22-5-4-21-23(29-7-6-28-21)24(22)39(2,3)38/h4-7,14-16,18-19H,8-13H2,1-3H3,(H2,30,32,33,34). The van der Waals surface area contributed by atoms with Gasteiger partial charge in [-0.25, -0.2) is 4.98 Å². The molecular formula is C26H32ClN10OP. The molecule has 0 spiro atoms. The Morgan fingerprint density at radius 1 is 0.974 bits per heavy atom. The third-order valence-electron chi connectivity index (χ3n) is 7.52. The average Bonchev–Trinajstić information content (AvgIpc) is 3.33. The lowest BCUT2D eigenvalue weighted by Gasteiger charge is -2.45. The highest BCUT2D eigenvalue weighted by atomic mass is 35.5. The molecule has 0 radical (unpaired) electrons. The fraction of sp³-hybridized carbons (Fsp3) is 0.423. The van der Waals surface area contributed by atoms with Crippen LogP contribution in [-0.4, -0.2) is 92.1 Å². The Bertz CT molecular complexity index is 1540. The SMILES string of the molecule is CN1CCN(C2CC(n3cc(Nc4ncc(Cl)c(Nc5ccc6nccnc6c5P(C)(C)=O)n4)cn3)C2)CC1. The normalized spacial score (nSPS) is 20.6. The first-order valence-corrected chi connectivity index (χ1v) is 16.0. The lowest BCUT2D eigenvalue weighted by Crippen LogP contribution is -2.53. The largest absolute Gasteiger partial charge is 0.338 e. The van der Waals surface area contributed by atoms with Gasteiger partial charge in [-0.2, -0.15) is 10.1 Å². The third-order valence-corrected chi connectivity index (χ3v) is 9.33. The maximum atomic E-state index is 13.2. The third kappa shape index (κ3) is 5.49. The summed E-state index contributed by atoms with van der Waals surface area (Å²) in [7, 11) is -0.537. The van der Waals surface area contributed by atoms with Gasteiger partial charge in [0.2, 0.25) is 5.95 Å². The highest BCUT2D eigenvalue weighted by molar-refractivity contribution is 7.71. The van der Waals surface area contributed by atoms with Crippen LogP contribution < -0.4 is 15.9 Å². The van der Waals surface area contributed by atoms with Crippen molar-refractivity contribution in [3.05, 3.63) is 48.1 Å². The first-order chi connectivity index (χ1) is 18.7. The Morgan fingerprint density at radius 3 is 2.51 bits per heavy atom. The molecule has 6 rings (SSSR count). The van der Waals surface area contributed by atoms with E-state index in [0.717, 1.165) is 44.7 Å². The molecule has 3 aromatic heterocycles. The van der Waals surface area contributed by atoms with Crippen LogP contribution in [0.4, 0.5) is 23.1 Å². The average molecular weight is 567 g/mol. The molecule has 1 saturated carbocycles. The van der Waals surface area contributed by atoms with Gasteiger partial charge >= 0.3 is 0 Å². The van der Waals surface area contributed by atoms with Crippen LogP contribution in [-0.2, 0) is 4.57 Å². The highest BCUT2D eigenvalue weighted by Gasteiger charge is 2.36. The number of piperazine rings is 1. The predicted octanol–water partition coefficient (Wildman–Crippen LogP) is 3.96. The molecule has 1 saturated heterocycles. The number of anilines is 4. The van der Waals surface area contributed by atoms with E-state index in [1.807, 2.05) is 23.0 Å². The van der Waals surface area contributed by atoms with E-state index in [0.29, 0.717) is 50.9 Å². The van der Waals surface area contributed by atoms with Crippen molar-refractivity contribution in [2.45, 2.75) is 24.9 Å². The minimum atomic E-state index is -2.72. The van der Waals surface area contributed by atoms with Crippen LogP contribution in [0, 0.1) is 0 Å². The number of fused-ring (bicyclic) bond motifs is 1. The quantitative estimate of drug-likeness (QED) is 0.318. The number of hydrogen-bond acceptors (Lipinski definition) is 10. The van der Waals surface area contributed by atoms with Gasteiger partial charge in [0.15, 0.2) is 5.82 Å². The Hall–Kier alpha value is -3.11. The molecule has 2 fully saturated rings. The molecule has 39 heavy (non-hydrogen) atoms. The monoisotopic (exact) mass is 566 g/mol. The zero-order valence-corrected chi connectivity index (χ0v) is 23.9. The van der Waals surface area contributed by atoms with Gasteiger partial charge in [-0.1, -0.05) is 11.6 Å². The summed E-state index contributed by atoms with van der Waals surface area (Å²) in [4.78, 5) is 22.7. The van der Waals surface area contributed by atoms with Crippen molar-refractivity contribution in [1.29, 1.82) is 0 Å². The van der Waals surface area contributed by atoms with E-state index in [4.69, 9.17) is 11.6 Å². The van der Waals surface area contributed by atoms with Crippen LogP contribution in [0.5, 0.6) is 0 Å². The summed E-state index contributed by atoms with van der Waals surface area (Å²) in [5, 5.41) is 12.0. The van der Waals surface area contributed by atoms with Gasteiger partial charge in [0.05, 0.1) is 40.6 Å². The van der Waals surface area contributed by atoms with Crippen LogP contribution in [0.1, 0.15) is 18.9 Å². The molecule has 0 atom stereocenters. The van der Waals surface area contributed by atoms with Crippen molar-refractivity contribution in [3.63, 3.8) is 0 Å². The van der Waals surface area contributed by atoms with Crippen LogP contribution in [0.25, 0.3) is 11.0 Å². The summed E-state index contributed by atoms with van der Waals surface area (Å²) < 4.78 is 15.3. The van der Waals surface area contributed by atoms with Crippen LogP contribution >= 0.6 is 18.7 Å². The molecule has 1 aliphatic heterocycles. The Kier molecular flexibility index (Phi) is 7.01. The summed E-state index contributed by atoms with van der Waals surface area (Å²) in [6.45, 7) is 7.99. The second-order valence-corrected chi connectivity index (χ2v) is 14.3. The minimum Gasteiger partial charge on any atom is -0.338 e. The summed E-state index contributed by atoms with van der Waals surface area (Å²) in [5.41, 5.74) is 2.70. The highest BCUT2D eigenvalue weighted by Crippen LogP contribution is 2.41. The van der Waals surface area contributed by atoms with Crippen molar-refractivity contribution in [1.82, 2.24) is 39.5 Å². The van der Waals surface area contributed by atoms with Gasteiger partial charge in [-0.05, 0) is 45.4 Å². The van der Waals surface area contributed by atoms with E-state index in [2.05, 4.69) is 52.5 Å². The number of halogens is 1. The smallest absolute Gasteiger partial charge is 0.229 e. The maximum absolute atomic E-state index is 13.2. The predicted molar refractivity (Wildman–Crippen MR) is 156 cm³/mol. The topological polar surface area (TPSA) is 117 Å². The molecule has 204 valence electrons. The summed E-state index contributed by atoms with van der Waals surface area (Å²) in [5.74, 6) is 0.775. The van der Waals surface area contributed by atoms with Crippen LogP contribution in [0.15, 0.2) is 43.1 Å². The van der Waals surface area contributed by atoms with E-state index in [1.165, 1.54) is 6.20 Å². The first kappa shape index (κ1) is 26.1. The second-order valence-electron chi connectivity index (χ2n) is 10.7. The number of aromatic nitrogens is 6. The summed E-state index contributed by atoms with van der Waals surface area (Å²) in [6, 6.07) is 4.71. The lowest BCUT2D eigenvalue weighted by atomic mass is 9.85. The summed E-state index contributed by atoms with van der Waals surface area (Å²) in [6.07, 6.45) is 10.8. The first-order valence-electron chi connectivity index (χ1n) is 13.1. The van der Waals surface area contributed by atoms with Crippen LogP contribution in [0.3, 0.4) is 0 Å². The number of likely N-dealkylation sites (N-methyl/N-ethyl adjacent to an activating group) is 1. The zero-order chi connectivity index (χ0) is 27.1. The van der Waals surface area contributed by atoms with Crippen LogP contribution in [0.2, 0.25) is 5.02 Å². The van der Waals surface area contributed by atoms with Gasteiger partial charge < -0.3 is 20.1 Å². The molecule has 11 nitrogen and oxygen atoms in total. The van der Waals surface area contributed by atoms with Crippen molar-refractivity contribution >= 4 is 58.2 Å². The molecule has 2 N–H and O–H groups in total. The Morgan fingerprint density at radius 2 is 1.74 bits per heavy atom. The van der Waals surface area contributed by atoms with E-state index in [-0.39, 0.29) is 0 Å². The molecule has 0 unspecified atom stereocenters. The maximum Gasteiger partial charge on any atom is 0.229 e. The molecule has 2 aliphatic rings. The number of hydrogen-bond donors (Lipinski definition) is 2. The van der Waals surface area contributed by atoms with Gasteiger partial charge in [-0.15, -0.1) is 0 Å². The van der Waals surface area contributed by atoms with Crippen molar-refractivity contribution in [2.75, 3.05) is 57.2 Å². The molecule has 13 heteroatoms. The number of benzene rings is 1. The molecule has 4 heterocycles. The molecule has 0 bridgehead atoms. The fourth-order valence-corrected chi connectivity index (χ4v) is 6.83. The summed E-state index contributed by atoms with van der Waals surface area (Å²) >= 11 is 6.46. The van der Waals surface area contributed by atoms with Crippen molar-refractivity contribution in [3.8, 4) is 0 Å². The zero-order valence-electron chi connectivity index (χ0n) is 22.2. The van der Waals surface area contributed by atoms with Crippen molar-refractivity contribution < 1.29 is 4.57 Å². The van der Waals surface area contributed by atoms with Gasteiger partial charge in [0.25, 0.3) is 0 Å². The van der Waals surface area contributed by atoms with E-state index in [9.17, 15) is 4.57 Å². The van der Waals surface area contributed by atoms with E-state index < -0.39 is 7.14 Å². The molecule has 4 aromatic rings. The van der Waals surface area contributed by atoms with Crippen molar-refractivity contribution in [2.24, 2.45) is 0 Å². The fourth-order valence-electron chi connectivity index (χ4n) is 5.30. The van der Waals surface area contributed by atoms with E-state index in [1.54, 1.807) is 31.9 Å². The Balaban J connectivity index is 1.16. The van der Waals surface area contributed by atoms with E-state index >= 15 is 0 Å². The second kappa shape index (κ2) is 10.5. The molecule has 1 aromatic carbocycles. The van der Waals surface area contributed by atoms with Gasteiger partial charge in [0.1, 0.15) is 17.7 Å².